The Kier molecular flexibility index (Phi) is 3.21. The van der Waals surface area contributed by atoms with Crippen LogP contribution in [0.1, 0.15) is 36.7 Å². The number of hydrogen-bond acceptors (Lipinski definition) is 3. The summed E-state index contributed by atoms with van der Waals surface area (Å²) in [6.07, 6.45) is 3.39. The minimum absolute atomic E-state index is 0.161. The van der Waals surface area contributed by atoms with Crippen LogP contribution in [0, 0.1) is 6.92 Å². The predicted molar refractivity (Wildman–Crippen MR) is 73.5 cm³/mol. The van der Waals surface area contributed by atoms with E-state index < -0.39 is 0 Å². The molecule has 1 fully saturated rings. The van der Waals surface area contributed by atoms with Gasteiger partial charge in [0.15, 0.2) is 5.82 Å². The molecule has 3 rings (SSSR count). The van der Waals surface area contributed by atoms with Gasteiger partial charge in [0.05, 0.1) is 11.7 Å². The first kappa shape index (κ1) is 12.2. The van der Waals surface area contributed by atoms with Crippen molar-refractivity contribution >= 4 is 0 Å². The fourth-order valence-electron chi connectivity index (χ4n) is 2.56. The van der Waals surface area contributed by atoms with E-state index in [1.165, 1.54) is 18.4 Å². The van der Waals surface area contributed by atoms with Gasteiger partial charge in [-0.15, -0.1) is 0 Å². The van der Waals surface area contributed by atoms with Crippen LogP contribution in [0.15, 0.2) is 29.1 Å². The topological polar surface area (TPSA) is 62.7 Å². The lowest BCUT2D eigenvalue weighted by atomic mass is 10.0. The average molecular weight is 258 g/mol. The molecule has 2 heterocycles. The largest absolute Gasteiger partial charge is 0.347 e. The van der Waals surface area contributed by atoms with Crippen molar-refractivity contribution in [3.05, 3.63) is 46.1 Å². The van der Waals surface area contributed by atoms with Crippen molar-refractivity contribution < 1.29 is 0 Å². The van der Waals surface area contributed by atoms with Gasteiger partial charge < -0.3 is 5.32 Å². The van der Waals surface area contributed by atoms with Crippen LogP contribution in [-0.4, -0.2) is 21.3 Å². The van der Waals surface area contributed by atoms with Crippen molar-refractivity contribution in [3.8, 4) is 5.69 Å². The van der Waals surface area contributed by atoms with Crippen LogP contribution in [0.4, 0.5) is 0 Å². The van der Waals surface area contributed by atoms with E-state index >= 15 is 0 Å². The molecular formula is C14H18N4O. The van der Waals surface area contributed by atoms with Crippen LogP contribution in [0.2, 0.25) is 0 Å². The third-order valence-corrected chi connectivity index (χ3v) is 3.61. The SMILES string of the molecule is Cc1ccc(-n2c(C3CCCCN3)n[nH]c2=O)cc1. The third kappa shape index (κ3) is 2.33. The molecule has 1 aliphatic heterocycles. The van der Waals surface area contributed by atoms with Crippen molar-refractivity contribution in [3.63, 3.8) is 0 Å². The molecule has 1 aromatic carbocycles. The molecule has 100 valence electrons. The summed E-state index contributed by atoms with van der Waals surface area (Å²) in [5.74, 6) is 0.786. The zero-order valence-electron chi connectivity index (χ0n) is 11.0. The molecule has 1 unspecified atom stereocenters. The van der Waals surface area contributed by atoms with E-state index in [0.29, 0.717) is 0 Å². The van der Waals surface area contributed by atoms with Gasteiger partial charge in [-0.2, -0.15) is 5.10 Å². The summed E-state index contributed by atoms with van der Waals surface area (Å²) in [6.45, 7) is 3.02. The molecule has 2 aromatic rings. The van der Waals surface area contributed by atoms with Gasteiger partial charge in [-0.3, -0.25) is 0 Å². The van der Waals surface area contributed by atoms with E-state index in [4.69, 9.17) is 0 Å². The molecule has 0 amide bonds. The summed E-state index contributed by atoms with van der Waals surface area (Å²) in [4.78, 5) is 12.0. The second-order valence-electron chi connectivity index (χ2n) is 5.06. The van der Waals surface area contributed by atoms with Crippen LogP contribution in [0.25, 0.3) is 5.69 Å². The number of aryl methyl sites for hydroxylation is 1. The highest BCUT2D eigenvalue weighted by atomic mass is 16.1. The molecule has 1 aliphatic rings. The molecule has 1 atom stereocenters. The van der Waals surface area contributed by atoms with Gasteiger partial charge in [-0.25, -0.2) is 14.5 Å². The maximum atomic E-state index is 12.0. The normalized spacial score (nSPS) is 19.5. The number of nitrogens with zero attached hydrogens (tertiary/aromatic N) is 2. The standard InChI is InChI=1S/C14H18N4O/c1-10-5-7-11(8-6-10)18-13(16-17-14(18)19)12-4-2-3-9-15-12/h5-8,12,15H,2-4,9H2,1H3,(H,17,19). The van der Waals surface area contributed by atoms with E-state index in [0.717, 1.165) is 24.5 Å². The molecule has 0 spiro atoms. The lowest BCUT2D eigenvalue weighted by molar-refractivity contribution is 0.393. The van der Waals surface area contributed by atoms with Crippen molar-refractivity contribution in [2.24, 2.45) is 0 Å². The van der Waals surface area contributed by atoms with Crippen LogP contribution in [0.3, 0.4) is 0 Å². The maximum absolute atomic E-state index is 12.0. The lowest BCUT2D eigenvalue weighted by Crippen LogP contribution is -2.30. The first-order valence-corrected chi connectivity index (χ1v) is 6.73. The fourth-order valence-corrected chi connectivity index (χ4v) is 2.56. The Labute approximate surface area is 111 Å². The number of benzene rings is 1. The molecular weight excluding hydrogens is 240 g/mol. The van der Waals surface area contributed by atoms with E-state index in [2.05, 4.69) is 15.5 Å². The highest BCUT2D eigenvalue weighted by Gasteiger charge is 2.22. The van der Waals surface area contributed by atoms with Crippen molar-refractivity contribution in [2.75, 3.05) is 6.54 Å². The van der Waals surface area contributed by atoms with Gasteiger partial charge in [0, 0.05) is 0 Å². The van der Waals surface area contributed by atoms with Gasteiger partial charge in [0.2, 0.25) is 0 Å². The lowest BCUT2D eigenvalue weighted by Gasteiger charge is -2.22. The molecule has 5 heteroatoms. The summed E-state index contributed by atoms with van der Waals surface area (Å²) in [5, 5.41) is 10.2. The smallest absolute Gasteiger partial charge is 0.307 e. The molecule has 1 saturated heterocycles. The van der Waals surface area contributed by atoms with Crippen molar-refractivity contribution in [2.45, 2.75) is 32.2 Å². The molecule has 0 aliphatic carbocycles. The van der Waals surface area contributed by atoms with Gasteiger partial charge in [-0.1, -0.05) is 24.1 Å². The first-order chi connectivity index (χ1) is 9.25. The Morgan fingerprint density at radius 2 is 2.05 bits per heavy atom. The van der Waals surface area contributed by atoms with Crippen LogP contribution in [0.5, 0.6) is 0 Å². The molecule has 2 N–H and O–H groups in total. The Bertz CT molecular complexity index is 605. The quantitative estimate of drug-likeness (QED) is 0.861. The second kappa shape index (κ2) is 5.01. The monoisotopic (exact) mass is 258 g/mol. The second-order valence-corrected chi connectivity index (χ2v) is 5.06. The Morgan fingerprint density at radius 3 is 2.74 bits per heavy atom. The highest BCUT2D eigenvalue weighted by molar-refractivity contribution is 5.35. The van der Waals surface area contributed by atoms with Crippen LogP contribution in [-0.2, 0) is 0 Å². The minimum Gasteiger partial charge on any atom is -0.307 e. The molecule has 0 radical (unpaired) electrons. The zero-order valence-corrected chi connectivity index (χ0v) is 11.0. The van der Waals surface area contributed by atoms with Crippen LogP contribution < -0.4 is 11.0 Å². The number of aromatic nitrogens is 3. The number of hydrogen-bond donors (Lipinski definition) is 2. The zero-order chi connectivity index (χ0) is 13.2. The minimum atomic E-state index is -0.175. The molecule has 19 heavy (non-hydrogen) atoms. The molecule has 1 aromatic heterocycles. The molecule has 0 bridgehead atoms. The van der Waals surface area contributed by atoms with Gasteiger partial charge >= 0.3 is 5.69 Å². The van der Waals surface area contributed by atoms with Crippen molar-refractivity contribution in [1.29, 1.82) is 0 Å². The summed E-state index contributed by atoms with van der Waals surface area (Å²) in [7, 11) is 0. The predicted octanol–water partition coefficient (Wildman–Crippen LogP) is 1.68. The number of aromatic amines is 1. The summed E-state index contributed by atoms with van der Waals surface area (Å²) < 4.78 is 1.67. The fraction of sp³-hybridized carbons (Fsp3) is 0.429. The number of rotatable bonds is 2. The van der Waals surface area contributed by atoms with E-state index in [1.54, 1.807) is 4.57 Å². The number of H-pyrrole nitrogens is 1. The summed E-state index contributed by atoms with van der Waals surface area (Å²) >= 11 is 0. The summed E-state index contributed by atoms with van der Waals surface area (Å²) in [6, 6.07) is 8.09. The Morgan fingerprint density at radius 1 is 1.26 bits per heavy atom. The average Bonchev–Trinajstić information content (AvgIpc) is 2.83. The number of piperidine rings is 1. The third-order valence-electron chi connectivity index (χ3n) is 3.61. The molecule has 0 saturated carbocycles. The van der Waals surface area contributed by atoms with E-state index in [1.807, 2.05) is 31.2 Å². The van der Waals surface area contributed by atoms with Gasteiger partial charge in [0.25, 0.3) is 0 Å². The maximum Gasteiger partial charge on any atom is 0.347 e. The van der Waals surface area contributed by atoms with E-state index in [-0.39, 0.29) is 11.7 Å². The summed E-state index contributed by atoms with van der Waals surface area (Å²) in [5.41, 5.74) is 1.87. The van der Waals surface area contributed by atoms with E-state index in [9.17, 15) is 4.79 Å². The molecule has 5 nitrogen and oxygen atoms in total. The first-order valence-electron chi connectivity index (χ1n) is 6.73. The van der Waals surface area contributed by atoms with Crippen LogP contribution >= 0.6 is 0 Å². The van der Waals surface area contributed by atoms with Gasteiger partial charge in [0.1, 0.15) is 0 Å². The highest BCUT2D eigenvalue weighted by Crippen LogP contribution is 2.22. The number of nitrogens with one attached hydrogen (secondary N) is 2. The van der Waals surface area contributed by atoms with Gasteiger partial charge in [-0.05, 0) is 38.4 Å². The Balaban J connectivity index is 2.02. The van der Waals surface area contributed by atoms with Crippen molar-refractivity contribution in [1.82, 2.24) is 20.1 Å². The Hall–Kier alpha value is -1.88.